The first-order valence-corrected chi connectivity index (χ1v) is 14.1. The van der Waals surface area contributed by atoms with Crippen molar-refractivity contribution in [2.45, 2.75) is 38.5 Å². The number of methoxy groups -OCH3 is 1. The van der Waals surface area contributed by atoms with Gasteiger partial charge in [-0.05, 0) is 62.3 Å². The maximum Gasteiger partial charge on any atom is 0.337 e. The number of oxazole rings is 1. The van der Waals surface area contributed by atoms with Gasteiger partial charge in [0.05, 0.1) is 43.0 Å². The molecule has 1 aliphatic heterocycles. The van der Waals surface area contributed by atoms with Gasteiger partial charge in [-0.3, -0.25) is 4.90 Å². The lowest BCUT2D eigenvalue weighted by atomic mass is 9.93. The van der Waals surface area contributed by atoms with Gasteiger partial charge < -0.3 is 18.5 Å². The van der Waals surface area contributed by atoms with Gasteiger partial charge in [-0.1, -0.05) is 23.7 Å². The summed E-state index contributed by atoms with van der Waals surface area (Å²) in [5.74, 6) is 1.54. The summed E-state index contributed by atoms with van der Waals surface area (Å²) in [5.41, 5.74) is 3.49. The second kappa shape index (κ2) is 12.3. The molecule has 5 aromatic rings. The number of benzene rings is 2. The van der Waals surface area contributed by atoms with Crippen molar-refractivity contribution in [2.24, 2.45) is 0 Å². The van der Waals surface area contributed by atoms with E-state index >= 15 is 0 Å². The first-order valence-electron chi connectivity index (χ1n) is 13.7. The molecule has 3 aromatic heterocycles. The number of ether oxygens (including phenoxy) is 2. The molecule has 0 aliphatic carbocycles. The predicted octanol–water partition coefficient (Wildman–Crippen LogP) is 6.01. The molecule has 0 spiro atoms. The molecule has 216 valence electrons. The third-order valence-corrected chi connectivity index (χ3v) is 7.79. The first kappa shape index (κ1) is 27.9. The fourth-order valence-electron chi connectivity index (χ4n) is 5.31. The third kappa shape index (κ3) is 6.14. The molecule has 0 unspecified atom stereocenters. The lowest BCUT2D eigenvalue weighted by Gasteiger charge is -2.31. The van der Waals surface area contributed by atoms with Crippen LogP contribution >= 0.6 is 11.6 Å². The number of hydrogen-bond acceptors (Lipinski definition) is 8. The fraction of sp³-hybridized carbons (Fsp3) is 0.290. The standard InChI is InChI=1S/C31H29ClFN5O4/c1-40-31(39)21-6-8-27-28(13-21)38(16-24-15-34-19-42-24)29(35-27)17-37-11-9-20(10-12-37)26-3-2-4-30(36-26)41-18-22-5-7-23(32)14-25(22)33/h2-8,13-15,19-20H,9-12,16-18H2,1H3. The fourth-order valence-corrected chi connectivity index (χ4v) is 5.47. The minimum Gasteiger partial charge on any atom is -0.473 e. The van der Waals surface area contributed by atoms with Gasteiger partial charge >= 0.3 is 5.97 Å². The highest BCUT2D eigenvalue weighted by Gasteiger charge is 2.24. The van der Waals surface area contributed by atoms with Crippen molar-refractivity contribution >= 4 is 28.6 Å². The van der Waals surface area contributed by atoms with Crippen LogP contribution in [0.5, 0.6) is 5.88 Å². The Labute approximate surface area is 246 Å². The third-order valence-electron chi connectivity index (χ3n) is 7.55. The molecule has 0 bridgehead atoms. The molecule has 9 nitrogen and oxygen atoms in total. The second-order valence-electron chi connectivity index (χ2n) is 10.3. The molecule has 42 heavy (non-hydrogen) atoms. The van der Waals surface area contributed by atoms with Gasteiger partial charge in [0, 0.05) is 28.3 Å². The van der Waals surface area contributed by atoms with Crippen molar-refractivity contribution in [1.29, 1.82) is 0 Å². The van der Waals surface area contributed by atoms with Crippen LogP contribution in [0.25, 0.3) is 11.0 Å². The first-order chi connectivity index (χ1) is 20.5. The van der Waals surface area contributed by atoms with Crippen LogP contribution in [0.2, 0.25) is 5.02 Å². The maximum atomic E-state index is 14.1. The molecule has 6 rings (SSSR count). The number of rotatable bonds is 9. The molecule has 0 atom stereocenters. The summed E-state index contributed by atoms with van der Waals surface area (Å²) in [6.07, 6.45) is 4.94. The Hall–Kier alpha value is -4.28. The van der Waals surface area contributed by atoms with Crippen LogP contribution in [0, 0.1) is 5.82 Å². The number of nitrogens with zero attached hydrogens (tertiary/aromatic N) is 5. The minimum absolute atomic E-state index is 0.0775. The average Bonchev–Trinajstić information content (AvgIpc) is 3.64. The number of piperidine rings is 1. The normalized spacial score (nSPS) is 14.4. The lowest BCUT2D eigenvalue weighted by Crippen LogP contribution is -2.33. The quantitative estimate of drug-likeness (QED) is 0.193. The smallest absolute Gasteiger partial charge is 0.337 e. The van der Waals surface area contributed by atoms with Gasteiger partial charge in [-0.2, -0.15) is 0 Å². The van der Waals surface area contributed by atoms with E-state index < -0.39 is 11.8 Å². The van der Waals surface area contributed by atoms with E-state index in [1.165, 1.54) is 19.6 Å². The van der Waals surface area contributed by atoms with Crippen LogP contribution in [0.1, 0.15) is 52.0 Å². The van der Waals surface area contributed by atoms with E-state index in [9.17, 15) is 9.18 Å². The van der Waals surface area contributed by atoms with Crippen molar-refractivity contribution in [3.05, 3.63) is 106 Å². The van der Waals surface area contributed by atoms with E-state index in [2.05, 4.69) is 14.5 Å². The zero-order chi connectivity index (χ0) is 29.1. The second-order valence-corrected chi connectivity index (χ2v) is 10.7. The van der Waals surface area contributed by atoms with Gasteiger partial charge in [0.15, 0.2) is 6.39 Å². The van der Waals surface area contributed by atoms with E-state index in [1.54, 1.807) is 30.5 Å². The van der Waals surface area contributed by atoms with Crippen molar-refractivity contribution < 1.29 is 23.1 Å². The van der Waals surface area contributed by atoms with Crippen molar-refractivity contribution in [2.75, 3.05) is 20.2 Å². The lowest BCUT2D eigenvalue weighted by molar-refractivity contribution is 0.0601. The van der Waals surface area contributed by atoms with Crippen molar-refractivity contribution in [3.8, 4) is 5.88 Å². The molecule has 1 aliphatic rings. The van der Waals surface area contributed by atoms with Crippen LogP contribution in [0.15, 0.2) is 71.6 Å². The Kier molecular flexibility index (Phi) is 8.16. The molecule has 0 N–H and O–H groups in total. The molecule has 4 heterocycles. The van der Waals surface area contributed by atoms with Crippen LogP contribution < -0.4 is 4.74 Å². The van der Waals surface area contributed by atoms with Gasteiger partial charge in [-0.15, -0.1) is 0 Å². The summed E-state index contributed by atoms with van der Waals surface area (Å²) in [6, 6.07) is 15.7. The van der Waals surface area contributed by atoms with Crippen LogP contribution in [-0.2, 0) is 24.4 Å². The summed E-state index contributed by atoms with van der Waals surface area (Å²) < 4.78 is 32.4. The van der Waals surface area contributed by atoms with Crippen LogP contribution in [0.3, 0.4) is 0 Å². The largest absolute Gasteiger partial charge is 0.473 e. The Balaban J connectivity index is 1.13. The zero-order valence-electron chi connectivity index (χ0n) is 23.0. The Bertz CT molecular complexity index is 1700. The highest BCUT2D eigenvalue weighted by atomic mass is 35.5. The Morgan fingerprint density at radius 3 is 2.71 bits per heavy atom. The number of likely N-dealkylation sites (tertiary alicyclic amines) is 1. The van der Waals surface area contributed by atoms with E-state index in [4.69, 9.17) is 35.5 Å². The molecule has 1 saturated heterocycles. The number of imidazole rings is 1. The number of fused-ring (bicyclic) bond motifs is 1. The molecular weight excluding hydrogens is 561 g/mol. The number of pyridine rings is 1. The average molecular weight is 590 g/mol. The number of carbonyl (C=O) groups excluding carboxylic acids is 1. The Morgan fingerprint density at radius 1 is 1.10 bits per heavy atom. The number of hydrogen-bond donors (Lipinski definition) is 0. The Morgan fingerprint density at radius 2 is 1.95 bits per heavy atom. The topological polar surface area (TPSA) is 95.5 Å². The van der Waals surface area contributed by atoms with E-state index in [-0.39, 0.29) is 12.5 Å². The SMILES string of the molecule is COC(=O)c1ccc2nc(CN3CCC(c4cccc(OCc5ccc(Cl)cc5F)n4)CC3)n(Cc3cnco3)c2c1. The van der Waals surface area contributed by atoms with E-state index in [1.807, 2.05) is 24.3 Å². The highest BCUT2D eigenvalue weighted by molar-refractivity contribution is 6.30. The van der Waals surface area contributed by atoms with E-state index in [0.717, 1.165) is 48.5 Å². The number of halogens is 2. The number of carbonyl (C=O) groups is 1. The summed E-state index contributed by atoms with van der Waals surface area (Å²) in [4.78, 5) is 28.2. The highest BCUT2D eigenvalue weighted by Crippen LogP contribution is 2.30. The molecular formula is C31H29ClFN5O4. The van der Waals surface area contributed by atoms with Gasteiger partial charge in [-0.25, -0.2) is 24.1 Å². The molecule has 0 radical (unpaired) electrons. The minimum atomic E-state index is -0.399. The predicted molar refractivity (Wildman–Crippen MR) is 154 cm³/mol. The zero-order valence-corrected chi connectivity index (χ0v) is 23.8. The summed E-state index contributed by atoms with van der Waals surface area (Å²) in [6.45, 7) is 2.91. The van der Waals surface area contributed by atoms with Gasteiger partial charge in [0.25, 0.3) is 0 Å². The monoisotopic (exact) mass is 589 g/mol. The van der Waals surface area contributed by atoms with Crippen molar-refractivity contribution in [3.63, 3.8) is 0 Å². The van der Waals surface area contributed by atoms with Crippen LogP contribution in [-0.4, -0.2) is 50.6 Å². The molecule has 11 heteroatoms. The summed E-state index contributed by atoms with van der Waals surface area (Å²) in [5, 5.41) is 0.350. The molecule has 0 saturated carbocycles. The van der Waals surface area contributed by atoms with Crippen LogP contribution in [0.4, 0.5) is 4.39 Å². The van der Waals surface area contributed by atoms with Crippen molar-refractivity contribution in [1.82, 2.24) is 24.4 Å². The molecule has 0 amide bonds. The van der Waals surface area contributed by atoms with Gasteiger partial charge in [0.1, 0.15) is 24.0 Å². The maximum absolute atomic E-state index is 14.1. The summed E-state index contributed by atoms with van der Waals surface area (Å²) >= 11 is 5.85. The van der Waals surface area contributed by atoms with E-state index in [0.29, 0.717) is 40.9 Å². The molecule has 2 aromatic carbocycles. The summed E-state index contributed by atoms with van der Waals surface area (Å²) in [7, 11) is 1.37. The number of esters is 1. The number of aromatic nitrogens is 4. The van der Waals surface area contributed by atoms with Gasteiger partial charge in [0.2, 0.25) is 5.88 Å². The molecule has 1 fully saturated rings.